The predicted octanol–water partition coefficient (Wildman–Crippen LogP) is 5.51. The second-order valence-corrected chi connectivity index (χ2v) is 6.54. The lowest BCUT2D eigenvalue weighted by Crippen LogP contribution is -2.06. The van der Waals surface area contributed by atoms with Crippen molar-refractivity contribution in [3.8, 4) is 11.1 Å². The number of carbonyl (C=O) groups excluding carboxylic acids is 1. The highest BCUT2D eigenvalue weighted by Gasteiger charge is 2.25. The second kappa shape index (κ2) is 7.69. The van der Waals surface area contributed by atoms with Crippen LogP contribution < -0.4 is 0 Å². The van der Waals surface area contributed by atoms with Crippen LogP contribution in [0.1, 0.15) is 28.5 Å². The van der Waals surface area contributed by atoms with E-state index < -0.39 is 0 Å². The molecule has 0 saturated heterocycles. The predicted molar refractivity (Wildman–Crippen MR) is 108 cm³/mol. The summed E-state index contributed by atoms with van der Waals surface area (Å²) in [4.78, 5) is 12.9. The fourth-order valence-electron chi connectivity index (χ4n) is 3.57. The van der Waals surface area contributed by atoms with Crippen molar-refractivity contribution in [3.63, 3.8) is 0 Å². The molecule has 0 amide bonds. The van der Waals surface area contributed by atoms with E-state index in [0.717, 1.165) is 27.9 Å². The molecule has 28 heavy (non-hydrogen) atoms. The Bertz CT molecular complexity index is 1110. The molecule has 2 aromatic carbocycles. The molecule has 0 aliphatic carbocycles. The van der Waals surface area contributed by atoms with E-state index in [4.69, 9.17) is 4.74 Å². The van der Waals surface area contributed by atoms with Gasteiger partial charge < -0.3 is 9.14 Å². The fraction of sp³-hybridized carbons (Fsp3) is 0.125. The first kappa shape index (κ1) is 18.0. The van der Waals surface area contributed by atoms with E-state index in [0.29, 0.717) is 18.6 Å². The van der Waals surface area contributed by atoms with E-state index in [1.807, 2.05) is 59.1 Å². The van der Waals surface area contributed by atoms with E-state index in [9.17, 15) is 9.18 Å². The van der Waals surface area contributed by atoms with Crippen LogP contribution in [0.2, 0.25) is 0 Å². The van der Waals surface area contributed by atoms with E-state index in [2.05, 4.69) is 0 Å². The first-order chi connectivity index (χ1) is 13.7. The average molecular weight is 373 g/mol. The van der Waals surface area contributed by atoms with Gasteiger partial charge in [-0.05, 0) is 42.3 Å². The number of aromatic nitrogens is 1. The summed E-state index contributed by atoms with van der Waals surface area (Å²) in [6, 6.07) is 22.1. The number of nitrogens with zero attached hydrogens (tertiary/aromatic N) is 1. The Morgan fingerprint density at radius 3 is 2.39 bits per heavy atom. The van der Waals surface area contributed by atoms with Crippen molar-refractivity contribution in [2.24, 2.45) is 0 Å². The molecule has 4 aromatic rings. The number of hydrogen-bond acceptors (Lipinski definition) is 2. The number of pyridine rings is 1. The normalized spacial score (nSPS) is 10.9. The molecular weight excluding hydrogens is 353 g/mol. The molecule has 0 saturated carbocycles. The zero-order valence-corrected chi connectivity index (χ0v) is 15.6. The number of esters is 1. The Morgan fingerprint density at radius 1 is 0.964 bits per heavy atom. The minimum Gasteiger partial charge on any atom is -0.462 e. The van der Waals surface area contributed by atoms with Gasteiger partial charge >= 0.3 is 5.97 Å². The summed E-state index contributed by atoms with van der Waals surface area (Å²) >= 11 is 0. The molecule has 0 spiro atoms. The van der Waals surface area contributed by atoms with E-state index in [1.165, 1.54) is 12.1 Å². The maximum Gasteiger partial charge on any atom is 0.340 e. The zero-order valence-electron chi connectivity index (χ0n) is 15.6. The minimum absolute atomic E-state index is 0.265. The van der Waals surface area contributed by atoms with Crippen molar-refractivity contribution in [2.75, 3.05) is 6.61 Å². The van der Waals surface area contributed by atoms with Crippen LogP contribution in [0, 0.1) is 5.82 Å². The smallest absolute Gasteiger partial charge is 0.340 e. The molecule has 2 heterocycles. The van der Waals surface area contributed by atoms with Crippen LogP contribution in [0.15, 0.2) is 79.0 Å². The number of rotatable bonds is 5. The lowest BCUT2D eigenvalue weighted by Gasteiger charge is -2.09. The topological polar surface area (TPSA) is 30.7 Å². The number of fused-ring (bicyclic) bond motifs is 1. The molecular formula is C24H20FNO2. The van der Waals surface area contributed by atoms with Crippen molar-refractivity contribution < 1.29 is 13.9 Å². The van der Waals surface area contributed by atoms with Crippen LogP contribution in [0.3, 0.4) is 0 Å². The summed E-state index contributed by atoms with van der Waals surface area (Å²) in [6.07, 6.45) is 2.51. The van der Waals surface area contributed by atoms with Crippen LogP contribution in [0.4, 0.5) is 4.39 Å². The van der Waals surface area contributed by atoms with Gasteiger partial charge in [-0.2, -0.15) is 0 Å². The van der Waals surface area contributed by atoms with Gasteiger partial charge in [-0.1, -0.05) is 48.5 Å². The van der Waals surface area contributed by atoms with E-state index >= 15 is 0 Å². The van der Waals surface area contributed by atoms with Gasteiger partial charge in [-0.15, -0.1) is 0 Å². The molecule has 4 rings (SSSR count). The first-order valence-electron chi connectivity index (χ1n) is 9.28. The number of ether oxygens (including phenoxy) is 1. The molecule has 140 valence electrons. The van der Waals surface area contributed by atoms with Gasteiger partial charge in [0.2, 0.25) is 0 Å². The number of benzene rings is 2. The molecule has 0 aliphatic heterocycles. The second-order valence-electron chi connectivity index (χ2n) is 6.54. The van der Waals surface area contributed by atoms with Gasteiger partial charge in [0, 0.05) is 23.9 Å². The summed E-state index contributed by atoms with van der Waals surface area (Å²) < 4.78 is 20.8. The Balaban J connectivity index is 1.99. The SMILES string of the molecule is CCOC(=O)c1c(-c2ccccc2)c(Cc2ccc(F)cc2)n2ccccc12. The van der Waals surface area contributed by atoms with Crippen LogP contribution >= 0.6 is 0 Å². The molecule has 4 heteroatoms. The van der Waals surface area contributed by atoms with Crippen LogP contribution in [0.5, 0.6) is 0 Å². The zero-order chi connectivity index (χ0) is 19.5. The maximum atomic E-state index is 13.4. The summed E-state index contributed by atoms with van der Waals surface area (Å²) in [5.41, 5.74) is 5.11. The molecule has 2 aromatic heterocycles. The summed E-state index contributed by atoms with van der Waals surface area (Å²) in [7, 11) is 0. The van der Waals surface area contributed by atoms with Crippen molar-refractivity contribution >= 4 is 11.5 Å². The van der Waals surface area contributed by atoms with Crippen LogP contribution in [-0.2, 0) is 11.2 Å². The Kier molecular flexibility index (Phi) is 4.94. The van der Waals surface area contributed by atoms with Gasteiger partial charge in [0.1, 0.15) is 5.82 Å². The summed E-state index contributed by atoms with van der Waals surface area (Å²) in [5.74, 6) is -0.602. The minimum atomic E-state index is -0.338. The molecule has 0 unspecified atom stereocenters. The Hall–Kier alpha value is -3.40. The third-order valence-electron chi connectivity index (χ3n) is 4.77. The molecule has 0 N–H and O–H groups in total. The maximum absolute atomic E-state index is 13.4. The van der Waals surface area contributed by atoms with Crippen molar-refractivity contribution in [3.05, 3.63) is 102 Å². The van der Waals surface area contributed by atoms with E-state index in [1.54, 1.807) is 19.1 Å². The van der Waals surface area contributed by atoms with Gasteiger partial charge in [-0.25, -0.2) is 9.18 Å². The molecule has 0 atom stereocenters. The molecule has 3 nitrogen and oxygen atoms in total. The largest absolute Gasteiger partial charge is 0.462 e. The number of halogens is 1. The first-order valence-corrected chi connectivity index (χ1v) is 9.28. The lowest BCUT2D eigenvalue weighted by atomic mass is 9.97. The standard InChI is InChI=1S/C24H20FNO2/c1-2-28-24(27)23-20-10-6-7-15-26(20)21(16-17-11-13-19(25)14-12-17)22(23)18-8-4-3-5-9-18/h3-15H,2,16H2,1H3. The van der Waals surface area contributed by atoms with Gasteiger partial charge in [0.25, 0.3) is 0 Å². The molecule has 0 fully saturated rings. The van der Waals surface area contributed by atoms with E-state index in [-0.39, 0.29) is 11.8 Å². The van der Waals surface area contributed by atoms with Crippen LogP contribution in [0.25, 0.3) is 16.6 Å². The molecule has 0 bridgehead atoms. The fourth-order valence-corrected chi connectivity index (χ4v) is 3.57. The van der Waals surface area contributed by atoms with Gasteiger partial charge in [-0.3, -0.25) is 0 Å². The van der Waals surface area contributed by atoms with Gasteiger partial charge in [0.05, 0.1) is 17.7 Å². The van der Waals surface area contributed by atoms with Crippen molar-refractivity contribution in [2.45, 2.75) is 13.3 Å². The Morgan fingerprint density at radius 2 is 1.68 bits per heavy atom. The quantitative estimate of drug-likeness (QED) is 0.432. The lowest BCUT2D eigenvalue weighted by molar-refractivity contribution is 0.0529. The van der Waals surface area contributed by atoms with Gasteiger partial charge in [0.15, 0.2) is 0 Å². The summed E-state index contributed by atoms with van der Waals surface area (Å²) in [5, 5.41) is 0. The highest BCUT2D eigenvalue weighted by atomic mass is 19.1. The van der Waals surface area contributed by atoms with Crippen molar-refractivity contribution in [1.82, 2.24) is 4.40 Å². The monoisotopic (exact) mass is 373 g/mol. The Labute approximate surface area is 163 Å². The summed E-state index contributed by atoms with van der Waals surface area (Å²) in [6.45, 7) is 2.11. The number of hydrogen-bond donors (Lipinski definition) is 0. The molecule has 0 radical (unpaired) electrons. The number of carbonyl (C=O) groups is 1. The third-order valence-corrected chi connectivity index (χ3v) is 4.77. The van der Waals surface area contributed by atoms with Crippen molar-refractivity contribution in [1.29, 1.82) is 0 Å². The molecule has 0 aliphatic rings. The average Bonchev–Trinajstić information content (AvgIpc) is 3.05. The van der Waals surface area contributed by atoms with Crippen LogP contribution in [-0.4, -0.2) is 17.0 Å². The highest BCUT2D eigenvalue weighted by molar-refractivity contribution is 6.05. The third kappa shape index (κ3) is 3.29. The highest BCUT2D eigenvalue weighted by Crippen LogP contribution is 2.35.